The summed E-state index contributed by atoms with van der Waals surface area (Å²) in [6, 6.07) is 4.86. The van der Waals surface area contributed by atoms with Gasteiger partial charge in [-0.1, -0.05) is 29.1 Å². The monoisotopic (exact) mass is 303 g/mol. The maximum absolute atomic E-state index is 4.17. The van der Waals surface area contributed by atoms with E-state index in [1.54, 1.807) is 0 Å². The van der Waals surface area contributed by atoms with Crippen LogP contribution in [-0.2, 0) is 6.42 Å². The zero-order chi connectivity index (χ0) is 15.4. The number of nitrogens with zero attached hydrogens (tertiary/aromatic N) is 2. The topological polar surface area (TPSA) is 37.8 Å². The molecule has 1 N–H and O–H groups in total. The highest BCUT2D eigenvalue weighted by molar-refractivity contribution is 7.05. The van der Waals surface area contributed by atoms with Crippen molar-refractivity contribution in [2.75, 3.05) is 6.54 Å². The van der Waals surface area contributed by atoms with Gasteiger partial charge in [0.25, 0.3) is 0 Å². The Hall–Kier alpha value is -1.26. The molecule has 114 valence electrons. The molecule has 0 spiro atoms. The summed E-state index contributed by atoms with van der Waals surface area (Å²) < 4.78 is 4.10. The Morgan fingerprint density at radius 1 is 1.14 bits per heavy atom. The van der Waals surface area contributed by atoms with Gasteiger partial charge in [-0.25, -0.2) is 0 Å². The Morgan fingerprint density at radius 3 is 2.33 bits per heavy atom. The van der Waals surface area contributed by atoms with Gasteiger partial charge in [0, 0.05) is 6.04 Å². The maximum Gasteiger partial charge on any atom is 0.0772 e. The zero-order valence-corrected chi connectivity index (χ0v) is 14.5. The minimum atomic E-state index is 0.310. The van der Waals surface area contributed by atoms with Crippen LogP contribution in [0.3, 0.4) is 0 Å². The van der Waals surface area contributed by atoms with Gasteiger partial charge in [-0.3, -0.25) is 0 Å². The molecule has 1 unspecified atom stereocenters. The second-order valence-electron chi connectivity index (χ2n) is 5.81. The summed E-state index contributed by atoms with van der Waals surface area (Å²) in [6.45, 7) is 11.9. The van der Waals surface area contributed by atoms with Crippen molar-refractivity contribution in [3.8, 4) is 0 Å². The molecule has 0 aliphatic rings. The van der Waals surface area contributed by atoms with Gasteiger partial charge >= 0.3 is 0 Å². The lowest BCUT2D eigenvalue weighted by atomic mass is 9.93. The van der Waals surface area contributed by atoms with Gasteiger partial charge in [-0.2, -0.15) is 0 Å². The lowest BCUT2D eigenvalue weighted by molar-refractivity contribution is 0.532. The molecule has 3 nitrogen and oxygen atoms in total. The molecular weight excluding hydrogens is 278 g/mol. The highest BCUT2D eigenvalue weighted by atomic mass is 32.1. The summed E-state index contributed by atoms with van der Waals surface area (Å²) >= 11 is 1.52. The molecule has 0 bridgehead atoms. The normalized spacial score (nSPS) is 12.6. The lowest BCUT2D eigenvalue weighted by Gasteiger charge is -2.20. The van der Waals surface area contributed by atoms with Gasteiger partial charge < -0.3 is 5.32 Å². The summed E-state index contributed by atoms with van der Waals surface area (Å²) in [7, 11) is 0. The minimum absolute atomic E-state index is 0.310. The molecule has 1 heterocycles. The van der Waals surface area contributed by atoms with Gasteiger partial charge in [0.2, 0.25) is 0 Å². The van der Waals surface area contributed by atoms with E-state index in [1.807, 2.05) is 6.92 Å². The zero-order valence-electron chi connectivity index (χ0n) is 13.7. The first-order valence-electron chi connectivity index (χ1n) is 7.61. The summed E-state index contributed by atoms with van der Waals surface area (Å²) in [5.41, 5.74) is 6.59. The first-order chi connectivity index (χ1) is 10.0. The Bertz CT molecular complexity index is 581. The van der Waals surface area contributed by atoms with Crippen LogP contribution in [0.25, 0.3) is 0 Å². The molecule has 0 fully saturated rings. The van der Waals surface area contributed by atoms with Crippen molar-refractivity contribution in [3.05, 3.63) is 45.0 Å². The van der Waals surface area contributed by atoms with Crippen LogP contribution in [0.5, 0.6) is 0 Å². The molecule has 0 aliphatic heterocycles. The molecule has 1 aromatic heterocycles. The van der Waals surface area contributed by atoms with Gasteiger partial charge in [0.15, 0.2) is 0 Å². The van der Waals surface area contributed by atoms with Crippen molar-refractivity contribution in [1.82, 2.24) is 14.9 Å². The van der Waals surface area contributed by atoms with Gasteiger partial charge in [-0.15, -0.1) is 5.10 Å². The Balaban J connectivity index is 2.29. The fourth-order valence-corrected chi connectivity index (χ4v) is 3.59. The van der Waals surface area contributed by atoms with Crippen LogP contribution in [0.4, 0.5) is 0 Å². The summed E-state index contributed by atoms with van der Waals surface area (Å²) in [5.74, 6) is 0. The molecule has 2 rings (SSSR count). The average Bonchev–Trinajstić information content (AvgIpc) is 2.83. The van der Waals surface area contributed by atoms with Crippen LogP contribution in [0.15, 0.2) is 12.1 Å². The van der Waals surface area contributed by atoms with Crippen molar-refractivity contribution in [3.63, 3.8) is 0 Å². The third kappa shape index (κ3) is 3.89. The molecule has 1 atom stereocenters. The van der Waals surface area contributed by atoms with Crippen molar-refractivity contribution < 1.29 is 0 Å². The Kier molecular flexibility index (Phi) is 5.48. The third-order valence-electron chi connectivity index (χ3n) is 3.89. The summed E-state index contributed by atoms with van der Waals surface area (Å²) in [4.78, 5) is 1.27. The van der Waals surface area contributed by atoms with Gasteiger partial charge in [-0.05, 0) is 75.3 Å². The molecular formula is C17H25N3S. The highest BCUT2D eigenvalue weighted by Crippen LogP contribution is 2.27. The number of benzene rings is 1. The van der Waals surface area contributed by atoms with Gasteiger partial charge in [0.05, 0.1) is 10.6 Å². The molecule has 0 saturated heterocycles. The van der Waals surface area contributed by atoms with Gasteiger partial charge in [0.1, 0.15) is 0 Å². The number of aryl methyl sites for hydroxylation is 4. The third-order valence-corrected chi connectivity index (χ3v) is 4.83. The fourth-order valence-electron chi connectivity index (χ4n) is 2.87. The fraction of sp³-hybridized carbons (Fsp3) is 0.529. The largest absolute Gasteiger partial charge is 0.309 e. The van der Waals surface area contributed by atoms with Crippen LogP contribution in [0.1, 0.15) is 52.2 Å². The van der Waals surface area contributed by atoms with Crippen molar-refractivity contribution >= 4 is 11.5 Å². The lowest BCUT2D eigenvalue weighted by Crippen LogP contribution is -2.24. The van der Waals surface area contributed by atoms with Crippen molar-refractivity contribution in [2.24, 2.45) is 0 Å². The molecule has 0 radical (unpaired) electrons. The second kappa shape index (κ2) is 7.14. The Labute approximate surface area is 132 Å². The van der Waals surface area contributed by atoms with E-state index < -0.39 is 0 Å². The molecule has 0 saturated carbocycles. The van der Waals surface area contributed by atoms with Crippen LogP contribution in [0, 0.1) is 27.7 Å². The predicted molar refractivity (Wildman–Crippen MR) is 90.0 cm³/mol. The second-order valence-corrected chi connectivity index (χ2v) is 6.60. The summed E-state index contributed by atoms with van der Waals surface area (Å²) in [6.07, 6.45) is 2.14. The van der Waals surface area contributed by atoms with E-state index >= 15 is 0 Å². The van der Waals surface area contributed by atoms with E-state index in [4.69, 9.17) is 0 Å². The quantitative estimate of drug-likeness (QED) is 0.874. The molecule has 0 amide bonds. The predicted octanol–water partition coefficient (Wildman–Crippen LogP) is 4.06. The number of aromatic nitrogens is 2. The van der Waals surface area contributed by atoms with Crippen molar-refractivity contribution in [1.29, 1.82) is 0 Å². The Morgan fingerprint density at radius 2 is 1.81 bits per heavy atom. The molecule has 0 aliphatic carbocycles. The first kappa shape index (κ1) is 16.1. The van der Waals surface area contributed by atoms with Crippen LogP contribution in [0.2, 0.25) is 0 Å². The molecule has 2 aromatic rings. The standard InChI is InChI=1S/C17H25N3S/c1-6-7-18-16(17-14(5)19-20-21-17)10-15-12(3)8-11(2)9-13(15)4/h8-9,16,18H,6-7,10H2,1-5H3. The van der Waals surface area contributed by atoms with E-state index in [0.717, 1.165) is 25.1 Å². The van der Waals surface area contributed by atoms with Crippen LogP contribution >= 0.6 is 11.5 Å². The van der Waals surface area contributed by atoms with E-state index in [9.17, 15) is 0 Å². The average molecular weight is 303 g/mol. The van der Waals surface area contributed by atoms with Crippen LogP contribution < -0.4 is 5.32 Å². The molecule has 4 heteroatoms. The minimum Gasteiger partial charge on any atom is -0.309 e. The van der Waals surface area contributed by atoms with E-state index in [-0.39, 0.29) is 0 Å². The number of nitrogens with one attached hydrogen (secondary N) is 1. The molecule has 1 aromatic carbocycles. The first-order valence-corrected chi connectivity index (χ1v) is 8.39. The maximum atomic E-state index is 4.17. The number of hydrogen-bond donors (Lipinski definition) is 1. The van der Waals surface area contributed by atoms with Crippen molar-refractivity contribution in [2.45, 2.75) is 53.5 Å². The van der Waals surface area contributed by atoms with Crippen LogP contribution in [-0.4, -0.2) is 16.1 Å². The smallest absolute Gasteiger partial charge is 0.0772 e. The number of rotatable bonds is 6. The van der Waals surface area contributed by atoms with E-state index in [1.165, 1.54) is 38.7 Å². The highest BCUT2D eigenvalue weighted by Gasteiger charge is 2.19. The van der Waals surface area contributed by atoms with E-state index in [2.05, 4.69) is 54.7 Å². The van der Waals surface area contributed by atoms with E-state index in [0.29, 0.717) is 6.04 Å². The molecule has 21 heavy (non-hydrogen) atoms. The SMILES string of the molecule is CCCNC(Cc1c(C)cc(C)cc1C)c1snnc1C. The number of hydrogen-bond acceptors (Lipinski definition) is 4. The summed E-state index contributed by atoms with van der Waals surface area (Å²) in [5, 5.41) is 7.84.